The fraction of sp³-hybridized carbons (Fsp3) is 0.375. The molecule has 1 aromatic heterocycles. The SMILES string of the molecule is C[C@@H]1CC[C@@H](n2ncc(C(C)(C)O)n2)CN1C(=O)c1cccc(Oc2ccccc2)c1. The first kappa shape index (κ1) is 21.1. The van der Waals surface area contributed by atoms with Crippen LogP contribution in [0, 0.1) is 0 Å². The highest BCUT2D eigenvalue weighted by Gasteiger charge is 2.32. The summed E-state index contributed by atoms with van der Waals surface area (Å²) in [5.41, 5.74) is 0.0656. The fourth-order valence-corrected chi connectivity index (χ4v) is 3.77. The zero-order chi connectivity index (χ0) is 22.0. The summed E-state index contributed by atoms with van der Waals surface area (Å²) in [6.07, 6.45) is 3.33. The summed E-state index contributed by atoms with van der Waals surface area (Å²) in [7, 11) is 0. The average molecular weight is 421 g/mol. The van der Waals surface area contributed by atoms with Crippen molar-refractivity contribution in [3.05, 3.63) is 72.1 Å². The summed E-state index contributed by atoms with van der Waals surface area (Å²) in [5.74, 6) is 1.32. The van der Waals surface area contributed by atoms with E-state index in [0.717, 1.165) is 18.6 Å². The molecule has 0 spiro atoms. The number of nitrogens with zero attached hydrogens (tertiary/aromatic N) is 4. The molecule has 2 aromatic carbocycles. The van der Waals surface area contributed by atoms with Crippen LogP contribution in [0.2, 0.25) is 0 Å². The molecule has 1 aliphatic heterocycles. The van der Waals surface area contributed by atoms with Crippen LogP contribution in [-0.4, -0.2) is 43.5 Å². The van der Waals surface area contributed by atoms with Crippen LogP contribution in [-0.2, 0) is 5.60 Å². The van der Waals surface area contributed by atoms with Crippen molar-refractivity contribution >= 4 is 5.91 Å². The lowest BCUT2D eigenvalue weighted by atomic mass is 9.98. The maximum atomic E-state index is 13.3. The number of rotatable bonds is 5. The smallest absolute Gasteiger partial charge is 0.254 e. The van der Waals surface area contributed by atoms with E-state index in [-0.39, 0.29) is 18.0 Å². The molecule has 162 valence electrons. The molecule has 0 aliphatic carbocycles. The predicted octanol–water partition coefficient (Wildman–Crippen LogP) is 4.16. The van der Waals surface area contributed by atoms with Gasteiger partial charge in [0.25, 0.3) is 5.91 Å². The van der Waals surface area contributed by atoms with Gasteiger partial charge in [-0.1, -0.05) is 24.3 Å². The van der Waals surface area contributed by atoms with Crippen molar-refractivity contribution in [3.8, 4) is 11.5 Å². The largest absolute Gasteiger partial charge is 0.457 e. The topological polar surface area (TPSA) is 80.5 Å². The summed E-state index contributed by atoms with van der Waals surface area (Å²) in [6.45, 7) is 5.95. The van der Waals surface area contributed by atoms with E-state index in [1.54, 1.807) is 30.9 Å². The molecule has 0 bridgehead atoms. The van der Waals surface area contributed by atoms with Crippen LogP contribution in [0.15, 0.2) is 60.8 Å². The van der Waals surface area contributed by atoms with E-state index in [0.29, 0.717) is 23.6 Å². The van der Waals surface area contributed by atoms with Gasteiger partial charge in [-0.2, -0.15) is 15.0 Å². The van der Waals surface area contributed by atoms with E-state index in [9.17, 15) is 9.90 Å². The van der Waals surface area contributed by atoms with Gasteiger partial charge in [0, 0.05) is 18.2 Å². The van der Waals surface area contributed by atoms with Gasteiger partial charge in [0.2, 0.25) is 0 Å². The normalized spacial score (nSPS) is 19.3. The second-order valence-corrected chi connectivity index (χ2v) is 8.59. The summed E-state index contributed by atoms with van der Waals surface area (Å²) < 4.78 is 5.89. The molecule has 7 heteroatoms. The number of hydrogen-bond donors (Lipinski definition) is 1. The van der Waals surface area contributed by atoms with Crippen molar-refractivity contribution in [2.45, 2.75) is 51.3 Å². The highest BCUT2D eigenvalue weighted by atomic mass is 16.5. The number of carbonyl (C=O) groups excluding carboxylic acids is 1. The highest BCUT2D eigenvalue weighted by Crippen LogP contribution is 2.28. The lowest BCUT2D eigenvalue weighted by Gasteiger charge is -2.37. The van der Waals surface area contributed by atoms with Crippen molar-refractivity contribution < 1.29 is 14.6 Å². The summed E-state index contributed by atoms with van der Waals surface area (Å²) in [4.78, 5) is 16.8. The van der Waals surface area contributed by atoms with Gasteiger partial charge in [-0.05, 0) is 63.9 Å². The Morgan fingerprint density at radius 1 is 1.10 bits per heavy atom. The van der Waals surface area contributed by atoms with Gasteiger partial charge in [-0.3, -0.25) is 4.79 Å². The van der Waals surface area contributed by atoms with Gasteiger partial charge in [-0.15, -0.1) is 0 Å². The van der Waals surface area contributed by atoms with Crippen LogP contribution in [0.5, 0.6) is 11.5 Å². The molecule has 2 atom stereocenters. The van der Waals surface area contributed by atoms with Crippen LogP contribution in [0.1, 0.15) is 55.7 Å². The zero-order valence-electron chi connectivity index (χ0n) is 18.1. The quantitative estimate of drug-likeness (QED) is 0.670. The van der Waals surface area contributed by atoms with Crippen molar-refractivity contribution in [3.63, 3.8) is 0 Å². The minimum absolute atomic E-state index is 0.0278. The monoisotopic (exact) mass is 420 g/mol. The number of aliphatic hydroxyl groups is 1. The van der Waals surface area contributed by atoms with Crippen molar-refractivity contribution in [1.29, 1.82) is 0 Å². The Kier molecular flexibility index (Phi) is 5.78. The predicted molar refractivity (Wildman–Crippen MR) is 117 cm³/mol. The third-order valence-corrected chi connectivity index (χ3v) is 5.64. The van der Waals surface area contributed by atoms with Gasteiger partial charge in [0.05, 0.1) is 12.2 Å². The van der Waals surface area contributed by atoms with Gasteiger partial charge >= 0.3 is 0 Å². The number of piperidine rings is 1. The Bertz CT molecular complexity index is 1040. The van der Waals surface area contributed by atoms with E-state index < -0.39 is 5.60 Å². The number of para-hydroxylation sites is 1. The molecule has 1 fully saturated rings. The standard InChI is InChI=1S/C24H28N4O3/c1-17-12-13-19(28-25-15-22(26-28)24(2,3)30)16-27(17)23(29)18-8-7-11-21(14-18)31-20-9-5-4-6-10-20/h4-11,14-15,17,19,30H,12-13,16H2,1-3H3/t17-,19-/m1/s1. The van der Waals surface area contributed by atoms with Crippen LogP contribution < -0.4 is 4.74 Å². The molecule has 7 nitrogen and oxygen atoms in total. The second-order valence-electron chi connectivity index (χ2n) is 8.59. The van der Waals surface area contributed by atoms with E-state index in [1.165, 1.54) is 0 Å². The lowest BCUT2D eigenvalue weighted by molar-refractivity contribution is 0.0533. The van der Waals surface area contributed by atoms with Crippen LogP contribution in [0.4, 0.5) is 0 Å². The molecule has 1 N–H and O–H groups in total. The third kappa shape index (κ3) is 4.77. The number of aromatic nitrogens is 3. The summed E-state index contributed by atoms with van der Waals surface area (Å²) in [6, 6.07) is 16.9. The Labute approximate surface area is 182 Å². The fourth-order valence-electron chi connectivity index (χ4n) is 3.77. The molecule has 0 unspecified atom stereocenters. The Morgan fingerprint density at radius 3 is 2.55 bits per heavy atom. The Balaban J connectivity index is 1.51. The van der Waals surface area contributed by atoms with Gasteiger partial charge in [0.1, 0.15) is 22.8 Å². The molecule has 1 amide bonds. The minimum Gasteiger partial charge on any atom is -0.457 e. The summed E-state index contributed by atoms with van der Waals surface area (Å²) in [5, 5.41) is 19.0. The maximum Gasteiger partial charge on any atom is 0.254 e. The summed E-state index contributed by atoms with van der Waals surface area (Å²) >= 11 is 0. The molecule has 4 rings (SSSR count). The molecule has 2 heterocycles. The van der Waals surface area contributed by atoms with Crippen molar-refractivity contribution in [2.75, 3.05) is 6.54 Å². The molecule has 0 saturated carbocycles. The number of benzene rings is 2. The molecule has 1 saturated heterocycles. The number of carbonyl (C=O) groups is 1. The molecular formula is C24H28N4O3. The van der Waals surface area contributed by atoms with E-state index in [2.05, 4.69) is 17.1 Å². The van der Waals surface area contributed by atoms with E-state index in [1.807, 2.05) is 53.4 Å². The molecular weight excluding hydrogens is 392 g/mol. The van der Waals surface area contributed by atoms with Crippen LogP contribution >= 0.6 is 0 Å². The van der Waals surface area contributed by atoms with Crippen molar-refractivity contribution in [2.24, 2.45) is 0 Å². The zero-order valence-corrected chi connectivity index (χ0v) is 18.1. The van der Waals surface area contributed by atoms with E-state index in [4.69, 9.17) is 4.74 Å². The lowest BCUT2D eigenvalue weighted by Crippen LogP contribution is -2.46. The minimum atomic E-state index is -1.05. The third-order valence-electron chi connectivity index (χ3n) is 5.64. The number of hydrogen-bond acceptors (Lipinski definition) is 5. The molecule has 31 heavy (non-hydrogen) atoms. The first-order chi connectivity index (χ1) is 14.8. The first-order valence-corrected chi connectivity index (χ1v) is 10.6. The number of ether oxygens (including phenoxy) is 1. The van der Waals surface area contributed by atoms with E-state index >= 15 is 0 Å². The van der Waals surface area contributed by atoms with Gasteiger partial charge < -0.3 is 14.7 Å². The number of amides is 1. The first-order valence-electron chi connectivity index (χ1n) is 10.6. The number of likely N-dealkylation sites (tertiary alicyclic amines) is 1. The molecule has 0 radical (unpaired) electrons. The maximum absolute atomic E-state index is 13.3. The Hall–Kier alpha value is -3.19. The average Bonchev–Trinajstić information content (AvgIpc) is 3.25. The van der Waals surface area contributed by atoms with Gasteiger partial charge in [0.15, 0.2) is 0 Å². The second kappa shape index (κ2) is 8.51. The molecule has 1 aliphatic rings. The van der Waals surface area contributed by atoms with Crippen LogP contribution in [0.25, 0.3) is 0 Å². The highest BCUT2D eigenvalue weighted by molar-refractivity contribution is 5.95. The molecule has 3 aromatic rings. The Morgan fingerprint density at radius 2 is 1.84 bits per heavy atom. The van der Waals surface area contributed by atoms with Crippen LogP contribution in [0.3, 0.4) is 0 Å². The van der Waals surface area contributed by atoms with Crippen molar-refractivity contribution in [1.82, 2.24) is 19.9 Å². The van der Waals surface area contributed by atoms with Gasteiger partial charge in [-0.25, -0.2) is 0 Å².